The van der Waals surface area contributed by atoms with E-state index in [4.69, 9.17) is 4.74 Å². The van der Waals surface area contributed by atoms with Gasteiger partial charge in [0.25, 0.3) is 11.8 Å². The molecule has 1 saturated heterocycles. The molecular formula is C26H36N2O3. The maximum Gasteiger partial charge on any atom is 0.278 e. The second-order valence-corrected chi connectivity index (χ2v) is 9.89. The van der Waals surface area contributed by atoms with Gasteiger partial charge in [0.1, 0.15) is 11.4 Å². The molecule has 2 fully saturated rings. The van der Waals surface area contributed by atoms with Crippen LogP contribution in [0.3, 0.4) is 0 Å². The average molecular weight is 425 g/mol. The van der Waals surface area contributed by atoms with Crippen LogP contribution in [0.2, 0.25) is 0 Å². The van der Waals surface area contributed by atoms with Gasteiger partial charge < -0.3 is 9.64 Å². The summed E-state index contributed by atoms with van der Waals surface area (Å²) in [6.07, 6.45) is 7.36. The quantitative estimate of drug-likeness (QED) is 0.612. The van der Waals surface area contributed by atoms with Crippen LogP contribution in [0, 0.1) is 11.8 Å². The third-order valence-corrected chi connectivity index (χ3v) is 6.86. The molecule has 0 radical (unpaired) electrons. The number of carbonyl (C=O) groups excluding carboxylic acids is 2. The molecule has 1 aliphatic carbocycles. The van der Waals surface area contributed by atoms with E-state index in [9.17, 15) is 9.59 Å². The largest absolute Gasteiger partial charge is 0.493 e. The van der Waals surface area contributed by atoms with Crippen LogP contribution in [0.15, 0.2) is 30.0 Å². The van der Waals surface area contributed by atoms with Gasteiger partial charge in [-0.2, -0.15) is 0 Å². The van der Waals surface area contributed by atoms with E-state index in [0.717, 1.165) is 62.9 Å². The van der Waals surface area contributed by atoms with E-state index in [1.807, 2.05) is 24.3 Å². The molecular weight excluding hydrogens is 388 g/mol. The van der Waals surface area contributed by atoms with Crippen LogP contribution in [-0.2, 0) is 9.59 Å². The molecule has 0 unspecified atom stereocenters. The molecule has 5 heteroatoms. The highest BCUT2D eigenvalue weighted by molar-refractivity contribution is 6.35. The van der Waals surface area contributed by atoms with E-state index in [1.165, 1.54) is 6.42 Å². The Hall–Kier alpha value is -2.30. The van der Waals surface area contributed by atoms with Crippen molar-refractivity contribution >= 4 is 17.4 Å². The Labute approximate surface area is 186 Å². The molecule has 0 aromatic heterocycles. The zero-order chi connectivity index (χ0) is 22.0. The van der Waals surface area contributed by atoms with Crippen LogP contribution in [0.4, 0.5) is 0 Å². The van der Waals surface area contributed by atoms with E-state index >= 15 is 0 Å². The predicted octanol–water partition coefficient (Wildman–Crippen LogP) is 4.87. The van der Waals surface area contributed by atoms with E-state index < -0.39 is 0 Å². The Morgan fingerprint density at radius 2 is 1.58 bits per heavy atom. The molecule has 2 amide bonds. The van der Waals surface area contributed by atoms with Crippen molar-refractivity contribution in [3.8, 4) is 5.75 Å². The highest BCUT2D eigenvalue weighted by atomic mass is 16.5. The number of hydrogen-bond acceptors (Lipinski definition) is 4. The third kappa shape index (κ3) is 4.65. The molecule has 2 aliphatic heterocycles. The van der Waals surface area contributed by atoms with Crippen molar-refractivity contribution in [2.45, 2.75) is 71.8 Å². The maximum atomic E-state index is 13.6. The molecule has 0 atom stereocenters. The Bertz CT molecular complexity index is 829. The lowest BCUT2D eigenvalue weighted by Gasteiger charge is -2.34. The van der Waals surface area contributed by atoms with Crippen LogP contribution >= 0.6 is 0 Å². The molecule has 4 rings (SSSR count). The third-order valence-electron chi connectivity index (χ3n) is 6.86. The van der Waals surface area contributed by atoms with Crippen molar-refractivity contribution in [1.29, 1.82) is 0 Å². The fourth-order valence-corrected chi connectivity index (χ4v) is 4.97. The van der Waals surface area contributed by atoms with E-state index in [0.29, 0.717) is 29.7 Å². The minimum Gasteiger partial charge on any atom is -0.493 e. The van der Waals surface area contributed by atoms with Gasteiger partial charge in [-0.15, -0.1) is 0 Å². The molecule has 3 aliphatic rings. The number of piperidine rings is 1. The highest BCUT2D eigenvalue weighted by Crippen LogP contribution is 2.37. The molecule has 0 bridgehead atoms. The summed E-state index contributed by atoms with van der Waals surface area (Å²) < 4.78 is 5.82. The standard InChI is InChI=1S/C26H36N2O3/c1-18(2)17-31-22-11-9-20(10-12-22)23-24(27-15-13-19(3)14-16-27)26(30)28(25(23)29)21-7-5-4-6-8-21/h9-12,18-19,21H,4-8,13-17H2,1-3H3. The lowest BCUT2D eigenvalue weighted by atomic mass is 9.94. The number of nitrogens with zero attached hydrogens (tertiary/aromatic N) is 2. The topological polar surface area (TPSA) is 49.9 Å². The summed E-state index contributed by atoms with van der Waals surface area (Å²) >= 11 is 0. The molecule has 31 heavy (non-hydrogen) atoms. The van der Waals surface area contributed by atoms with Gasteiger partial charge in [0.15, 0.2) is 0 Å². The SMILES string of the molecule is CC(C)COc1ccc(C2=C(N3CCC(C)CC3)C(=O)N(C3CCCCC3)C2=O)cc1. The summed E-state index contributed by atoms with van der Waals surface area (Å²) in [7, 11) is 0. The van der Waals surface area contributed by atoms with Crippen LogP contribution in [0.1, 0.15) is 71.3 Å². The first-order chi connectivity index (χ1) is 15.0. The van der Waals surface area contributed by atoms with Gasteiger partial charge in [-0.1, -0.05) is 52.2 Å². The molecule has 1 saturated carbocycles. The number of amides is 2. The molecule has 2 heterocycles. The lowest BCUT2D eigenvalue weighted by molar-refractivity contribution is -0.141. The van der Waals surface area contributed by atoms with Gasteiger partial charge in [-0.25, -0.2) is 0 Å². The van der Waals surface area contributed by atoms with E-state index in [2.05, 4.69) is 25.7 Å². The van der Waals surface area contributed by atoms with Gasteiger partial charge in [-0.05, 0) is 55.2 Å². The van der Waals surface area contributed by atoms with Crippen molar-refractivity contribution < 1.29 is 14.3 Å². The fraction of sp³-hybridized carbons (Fsp3) is 0.615. The summed E-state index contributed by atoms with van der Waals surface area (Å²) in [6, 6.07) is 7.75. The number of carbonyl (C=O) groups is 2. The van der Waals surface area contributed by atoms with Crippen LogP contribution in [0.25, 0.3) is 5.57 Å². The van der Waals surface area contributed by atoms with Crippen LogP contribution in [0.5, 0.6) is 5.75 Å². The molecule has 1 aromatic rings. The van der Waals surface area contributed by atoms with Gasteiger partial charge in [0, 0.05) is 19.1 Å². The smallest absolute Gasteiger partial charge is 0.278 e. The maximum absolute atomic E-state index is 13.6. The first-order valence-electron chi connectivity index (χ1n) is 12.1. The Kier molecular flexibility index (Phi) is 6.68. The number of hydrogen-bond donors (Lipinski definition) is 0. The summed E-state index contributed by atoms with van der Waals surface area (Å²) in [5.74, 6) is 1.73. The highest BCUT2D eigenvalue weighted by Gasteiger charge is 2.45. The van der Waals surface area contributed by atoms with E-state index in [1.54, 1.807) is 4.90 Å². The molecule has 1 aromatic carbocycles. The van der Waals surface area contributed by atoms with Crippen molar-refractivity contribution in [2.24, 2.45) is 11.8 Å². The second kappa shape index (κ2) is 9.46. The average Bonchev–Trinajstić information content (AvgIpc) is 3.04. The molecule has 0 N–H and O–H groups in total. The van der Waals surface area contributed by atoms with Crippen LogP contribution in [-0.4, -0.2) is 47.4 Å². The minimum absolute atomic E-state index is 0.0404. The van der Waals surface area contributed by atoms with Crippen molar-refractivity contribution in [1.82, 2.24) is 9.80 Å². The Balaban J connectivity index is 1.65. The summed E-state index contributed by atoms with van der Waals surface area (Å²) in [5, 5.41) is 0. The first kappa shape index (κ1) is 21.9. The number of rotatable bonds is 6. The molecule has 168 valence electrons. The number of benzene rings is 1. The minimum atomic E-state index is -0.110. The second-order valence-electron chi connectivity index (χ2n) is 9.89. The van der Waals surface area contributed by atoms with Gasteiger partial charge in [0.2, 0.25) is 0 Å². The van der Waals surface area contributed by atoms with Crippen LogP contribution < -0.4 is 4.74 Å². The summed E-state index contributed by atoms with van der Waals surface area (Å²) in [6.45, 7) is 8.84. The monoisotopic (exact) mass is 424 g/mol. The molecule has 5 nitrogen and oxygen atoms in total. The van der Waals surface area contributed by atoms with Gasteiger partial charge in [-0.3, -0.25) is 14.5 Å². The normalized spacial score (nSPS) is 21.5. The van der Waals surface area contributed by atoms with E-state index in [-0.39, 0.29) is 17.9 Å². The zero-order valence-electron chi connectivity index (χ0n) is 19.2. The van der Waals surface area contributed by atoms with Gasteiger partial charge >= 0.3 is 0 Å². The molecule has 0 spiro atoms. The summed E-state index contributed by atoms with van der Waals surface area (Å²) in [4.78, 5) is 31.0. The number of imide groups is 1. The number of ether oxygens (including phenoxy) is 1. The van der Waals surface area contributed by atoms with Crippen molar-refractivity contribution in [3.63, 3.8) is 0 Å². The first-order valence-corrected chi connectivity index (χ1v) is 12.1. The lowest BCUT2D eigenvalue weighted by Crippen LogP contribution is -2.44. The zero-order valence-corrected chi connectivity index (χ0v) is 19.2. The summed E-state index contributed by atoms with van der Waals surface area (Å²) in [5.41, 5.74) is 2.03. The Morgan fingerprint density at radius 1 is 0.935 bits per heavy atom. The fourth-order valence-electron chi connectivity index (χ4n) is 4.97. The number of likely N-dealkylation sites (tertiary alicyclic amines) is 1. The Morgan fingerprint density at radius 3 is 2.19 bits per heavy atom. The predicted molar refractivity (Wildman–Crippen MR) is 122 cm³/mol. The van der Waals surface area contributed by atoms with Crippen molar-refractivity contribution in [3.05, 3.63) is 35.5 Å². The van der Waals surface area contributed by atoms with Gasteiger partial charge in [0.05, 0.1) is 12.2 Å². The van der Waals surface area contributed by atoms with Crippen molar-refractivity contribution in [2.75, 3.05) is 19.7 Å².